The van der Waals surface area contributed by atoms with Gasteiger partial charge in [0.25, 0.3) is 5.91 Å². The molecule has 150 valence electrons. The maximum atomic E-state index is 13.1. The number of morpholine rings is 1. The number of likely N-dealkylation sites (tertiary alicyclic amines) is 2. The number of hydrogen-bond acceptors (Lipinski definition) is 5. The van der Waals surface area contributed by atoms with Crippen LogP contribution >= 0.6 is 0 Å². The summed E-state index contributed by atoms with van der Waals surface area (Å²) in [5, 5.41) is 0. The molecule has 4 heterocycles. The van der Waals surface area contributed by atoms with E-state index in [9.17, 15) is 4.79 Å². The number of aryl methyl sites for hydroxylation is 1. The van der Waals surface area contributed by atoms with Crippen LogP contribution in [0, 0.1) is 0 Å². The summed E-state index contributed by atoms with van der Waals surface area (Å²) in [7, 11) is 0. The summed E-state index contributed by atoms with van der Waals surface area (Å²) in [5.41, 5.74) is 1.20. The van der Waals surface area contributed by atoms with Crippen molar-refractivity contribution in [3.05, 3.63) is 23.2 Å². The van der Waals surface area contributed by atoms with E-state index in [-0.39, 0.29) is 5.91 Å². The highest BCUT2D eigenvalue weighted by Crippen LogP contribution is 2.24. The lowest BCUT2D eigenvalue weighted by molar-refractivity contribution is -0.00167. The molecule has 1 aromatic rings. The quantitative estimate of drug-likeness (QED) is 0.791. The molecule has 0 unspecified atom stereocenters. The topological polar surface area (TPSA) is 49.2 Å². The van der Waals surface area contributed by atoms with Gasteiger partial charge in [0.2, 0.25) is 0 Å². The number of amides is 1. The van der Waals surface area contributed by atoms with Gasteiger partial charge in [-0.05, 0) is 44.8 Å². The largest absolute Gasteiger partial charge is 0.456 e. The van der Waals surface area contributed by atoms with Crippen molar-refractivity contribution >= 4 is 5.91 Å². The zero-order chi connectivity index (χ0) is 18.6. The Labute approximate surface area is 162 Å². The van der Waals surface area contributed by atoms with Crippen molar-refractivity contribution in [3.8, 4) is 0 Å². The predicted octanol–water partition coefficient (Wildman–Crippen LogP) is 2.37. The van der Waals surface area contributed by atoms with Crippen molar-refractivity contribution in [2.75, 3.05) is 52.5 Å². The molecule has 0 spiro atoms. The molecule has 0 N–H and O–H groups in total. The van der Waals surface area contributed by atoms with Crippen LogP contribution in [0.2, 0.25) is 0 Å². The van der Waals surface area contributed by atoms with Gasteiger partial charge in [0.1, 0.15) is 5.76 Å². The summed E-state index contributed by atoms with van der Waals surface area (Å²) in [6.45, 7) is 10.6. The summed E-state index contributed by atoms with van der Waals surface area (Å²) >= 11 is 0. The SMILES string of the molecule is CCc1oc(C(=O)N2CCC[C@@H](N3CCOCC3)C2)cc1CN1CCCC1. The second kappa shape index (κ2) is 8.76. The summed E-state index contributed by atoms with van der Waals surface area (Å²) < 4.78 is 11.5. The lowest BCUT2D eigenvalue weighted by Gasteiger charge is -2.40. The summed E-state index contributed by atoms with van der Waals surface area (Å²) in [4.78, 5) is 20.1. The van der Waals surface area contributed by atoms with Gasteiger partial charge in [-0.3, -0.25) is 14.6 Å². The van der Waals surface area contributed by atoms with E-state index in [1.54, 1.807) is 0 Å². The number of piperidine rings is 1. The zero-order valence-electron chi connectivity index (χ0n) is 16.6. The van der Waals surface area contributed by atoms with Crippen LogP contribution in [0.5, 0.6) is 0 Å². The Morgan fingerprint density at radius 2 is 1.89 bits per heavy atom. The van der Waals surface area contributed by atoms with Gasteiger partial charge >= 0.3 is 0 Å². The number of nitrogens with zero attached hydrogens (tertiary/aromatic N) is 3. The van der Waals surface area contributed by atoms with Gasteiger partial charge < -0.3 is 14.1 Å². The molecule has 0 bridgehead atoms. The molecule has 6 heteroatoms. The van der Waals surface area contributed by atoms with E-state index in [1.165, 1.54) is 24.8 Å². The molecule has 3 aliphatic heterocycles. The number of carbonyl (C=O) groups is 1. The van der Waals surface area contributed by atoms with E-state index >= 15 is 0 Å². The Hall–Kier alpha value is -1.37. The monoisotopic (exact) mass is 375 g/mol. The Kier molecular flexibility index (Phi) is 6.15. The van der Waals surface area contributed by atoms with E-state index in [2.05, 4.69) is 16.7 Å². The molecular formula is C21H33N3O3. The molecule has 0 radical (unpaired) electrons. The summed E-state index contributed by atoms with van der Waals surface area (Å²) in [6, 6.07) is 2.47. The van der Waals surface area contributed by atoms with Crippen molar-refractivity contribution in [2.24, 2.45) is 0 Å². The molecular weight excluding hydrogens is 342 g/mol. The van der Waals surface area contributed by atoms with E-state index in [4.69, 9.17) is 9.15 Å². The Balaban J connectivity index is 1.42. The lowest BCUT2D eigenvalue weighted by Crippen LogP contribution is -2.52. The van der Waals surface area contributed by atoms with Crippen LogP contribution in [0.15, 0.2) is 10.5 Å². The van der Waals surface area contributed by atoms with Crippen LogP contribution in [-0.2, 0) is 17.7 Å². The molecule has 0 aromatic carbocycles. The van der Waals surface area contributed by atoms with Crippen molar-refractivity contribution < 1.29 is 13.9 Å². The first kappa shape index (κ1) is 19.0. The summed E-state index contributed by atoms with van der Waals surface area (Å²) in [6.07, 6.45) is 5.63. The molecule has 1 amide bonds. The average Bonchev–Trinajstić information content (AvgIpc) is 3.38. The second-order valence-electron chi connectivity index (χ2n) is 8.09. The first-order chi connectivity index (χ1) is 13.2. The highest BCUT2D eigenvalue weighted by Gasteiger charge is 2.31. The third-order valence-corrected chi connectivity index (χ3v) is 6.27. The molecule has 3 fully saturated rings. The number of ether oxygens (including phenoxy) is 1. The first-order valence-electron chi connectivity index (χ1n) is 10.7. The highest BCUT2D eigenvalue weighted by atomic mass is 16.5. The molecule has 0 saturated carbocycles. The van der Waals surface area contributed by atoms with Crippen molar-refractivity contribution in [2.45, 2.75) is 51.6 Å². The van der Waals surface area contributed by atoms with Gasteiger partial charge in [0.05, 0.1) is 13.2 Å². The van der Waals surface area contributed by atoms with Crippen LogP contribution in [0.4, 0.5) is 0 Å². The van der Waals surface area contributed by atoms with Gasteiger partial charge in [-0.2, -0.15) is 0 Å². The van der Waals surface area contributed by atoms with Crippen LogP contribution in [0.1, 0.15) is 54.5 Å². The molecule has 1 atom stereocenters. The molecule has 1 aromatic heterocycles. The fourth-order valence-electron chi connectivity index (χ4n) is 4.72. The molecule has 6 nitrogen and oxygen atoms in total. The van der Waals surface area contributed by atoms with Crippen LogP contribution in [0.3, 0.4) is 0 Å². The number of carbonyl (C=O) groups excluding carboxylic acids is 1. The van der Waals surface area contributed by atoms with Gasteiger partial charge in [-0.25, -0.2) is 0 Å². The third-order valence-electron chi connectivity index (χ3n) is 6.27. The normalized spacial score (nSPS) is 25.2. The van der Waals surface area contributed by atoms with Crippen molar-refractivity contribution in [1.29, 1.82) is 0 Å². The fourth-order valence-corrected chi connectivity index (χ4v) is 4.72. The van der Waals surface area contributed by atoms with Gasteiger partial charge in [0.15, 0.2) is 5.76 Å². The molecule has 0 aliphatic carbocycles. The van der Waals surface area contributed by atoms with Crippen LogP contribution in [0.25, 0.3) is 0 Å². The van der Waals surface area contributed by atoms with Gasteiger partial charge in [-0.1, -0.05) is 6.92 Å². The smallest absolute Gasteiger partial charge is 0.289 e. The maximum absolute atomic E-state index is 13.1. The maximum Gasteiger partial charge on any atom is 0.289 e. The highest BCUT2D eigenvalue weighted by molar-refractivity contribution is 5.92. The standard InChI is InChI=1S/C21H33N3O3/c1-2-19-17(15-22-7-3-4-8-22)14-20(27-19)21(25)24-9-5-6-18(16-24)23-10-12-26-13-11-23/h14,18H,2-13,15-16H2,1H3/t18-/m1/s1. The minimum absolute atomic E-state index is 0.0651. The lowest BCUT2D eigenvalue weighted by atomic mass is 10.0. The van der Waals surface area contributed by atoms with E-state index in [0.717, 1.165) is 77.6 Å². The molecule has 27 heavy (non-hydrogen) atoms. The zero-order valence-corrected chi connectivity index (χ0v) is 16.6. The number of hydrogen-bond donors (Lipinski definition) is 0. The number of rotatable bonds is 5. The number of furan rings is 1. The predicted molar refractivity (Wildman–Crippen MR) is 104 cm³/mol. The van der Waals surface area contributed by atoms with Gasteiger partial charge in [-0.15, -0.1) is 0 Å². The van der Waals surface area contributed by atoms with Crippen LogP contribution in [-0.4, -0.2) is 79.1 Å². The van der Waals surface area contributed by atoms with E-state index in [1.807, 2.05) is 11.0 Å². The fraction of sp³-hybridized carbons (Fsp3) is 0.762. The first-order valence-corrected chi connectivity index (χ1v) is 10.7. The Morgan fingerprint density at radius 3 is 2.63 bits per heavy atom. The minimum Gasteiger partial charge on any atom is -0.456 e. The Bertz CT molecular complexity index is 633. The summed E-state index contributed by atoms with van der Waals surface area (Å²) in [5.74, 6) is 1.57. The molecule has 4 rings (SSSR count). The molecule has 3 saturated heterocycles. The average molecular weight is 376 g/mol. The van der Waals surface area contributed by atoms with E-state index in [0.29, 0.717) is 11.8 Å². The second-order valence-corrected chi connectivity index (χ2v) is 8.09. The van der Waals surface area contributed by atoms with Gasteiger partial charge in [0, 0.05) is 50.7 Å². The Morgan fingerprint density at radius 1 is 1.11 bits per heavy atom. The third kappa shape index (κ3) is 4.39. The van der Waals surface area contributed by atoms with Crippen LogP contribution < -0.4 is 0 Å². The van der Waals surface area contributed by atoms with Crippen molar-refractivity contribution in [3.63, 3.8) is 0 Å². The van der Waals surface area contributed by atoms with Crippen molar-refractivity contribution in [1.82, 2.24) is 14.7 Å². The van der Waals surface area contributed by atoms with E-state index < -0.39 is 0 Å². The molecule has 3 aliphatic rings. The minimum atomic E-state index is 0.0651.